The molecule has 1 fully saturated rings. The number of carbonyl (C=O) groups is 1. The van der Waals surface area contributed by atoms with Gasteiger partial charge in [0.25, 0.3) is 11.5 Å². The van der Waals surface area contributed by atoms with Crippen molar-refractivity contribution in [2.24, 2.45) is 5.10 Å². The van der Waals surface area contributed by atoms with E-state index in [0.717, 1.165) is 5.56 Å². The molecule has 1 saturated heterocycles. The van der Waals surface area contributed by atoms with E-state index in [-0.39, 0.29) is 18.1 Å². The maximum absolute atomic E-state index is 13.3. The number of fused-ring (bicyclic) bond motifs is 1. The van der Waals surface area contributed by atoms with Crippen LogP contribution in [0.25, 0.3) is 22.3 Å². The van der Waals surface area contributed by atoms with Gasteiger partial charge in [0, 0.05) is 18.7 Å². The molecule has 3 aromatic carbocycles. The van der Waals surface area contributed by atoms with Crippen LogP contribution < -0.4 is 10.3 Å². The Balaban J connectivity index is 1.40. The van der Waals surface area contributed by atoms with Crippen LogP contribution >= 0.6 is 11.6 Å². The first-order chi connectivity index (χ1) is 17.6. The molecule has 0 saturated carbocycles. The summed E-state index contributed by atoms with van der Waals surface area (Å²) in [7, 11) is 0. The van der Waals surface area contributed by atoms with Crippen LogP contribution in [0.15, 0.2) is 82.7 Å². The molecule has 0 atom stereocenters. The van der Waals surface area contributed by atoms with Gasteiger partial charge in [0.1, 0.15) is 5.75 Å². The minimum atomic E-state index is -0.275. The van der Waals surface area contributed by atoms with Crippen molar-refractivity contribution in [2.45, 2.75) is 0 Å². The van der Waals surface area contributed by atoms with E-state index in [1.54, 1.807) is 47.5 Å². The Labute approximate surface area is 212 Å². The van der Waals surface area contributed by atoms with Crippen LogP contribution in [-0.2, 0) is 9.53 Å². The van der Waals surface area contributed by atoms with E-state index in [0.29, 0.717) is 59.4 Å². The Morgan fingerprint density at radius 3 is 2.58 bits per heavy atom. The minimum absolute atomic E-state index is 0.105. The van der Waals surface area contributed by atoms with E-state index in [9.17, 15) is 9.59 Å². The second-order valence-corrected chi connectivity index (χ2v) is 8.56. The lowest BCUT2D eigenvalue weighted by atomic mass is 10.2. The van der Waals surface area contributed by atoms with Gasteiger partial charge in [-0.25, -0.2) is 4.98 Å². The average Bonchev–Trinajstić information content (AvgIpc) is 2.93. The molecule has 8 nitrogen and oxygen atoms in total. The number of ether oxygens (including phenoxy) is 2. The maximum Gasteiger partial charge on any atom is 0.282 e. The van der Waals surface area contributed by atoms with E-state index in [1.165, 1.54) is 4.68 Å². The molecule has 1 aromatic heterocycles. The summed E-state index contributed by atoms with van der Waals surface area (Å²) in [5, 5.41) is 5.26. The number of rotatable bonds is 6. The molecule has 182 valence electrons. The Morgan fingerprint density at radius 2 is 1.81 bits per heavy atom. The average molecular weight is 503 g/mol. The third-order valence-electron chi connectivity index (χ3n) is 5.78. The van der Waals surface area contributed by atoms with Gasteiger partial charge in [-0.05, 0) is 35.9 Å². The van der Waals surface area contributed by atoms with Crippen LogP contribution in [0.4, 0.5) is 0 Å². The Kier molecular flexibility index (Phi) is 7.06. The lowest BCUT2D eigenvalue weighted by Crippen LogP contribution is -2.43. The standard InChI is InChI=1S/C27H23ClN4O4/c28-22-16-19(10-11-24(22)36-18-25(33)31-12-14-35-15-13-31)17-29-32-26(20-6-2-1-3-7-20)30-23-9-5-4-8-21(23)27(32)34/h1-11,16-17H,12-15,18H2. The molecule has 0 unspecified atom stereocenters. The van der Waals surface area contributed by atoms with Crippen LogP contribution in [0.5, 0.6) is 5.75 Å². The Morgan fingerprint density at radius 1 is 1.06 bits per heavy atom. The van der Waals surface area contributed by atoms with Crippen molar-refractivity contribution in [3.63, 3.8) is 0 Å². The van der Waals surface area contributed by atoms with Crippen LogP contribution in [0.2, 0.25) is 5.02 Å². The zero-order chi connectivity index (χ0) is 24.9. The largest absolute Gasteiger partial charge is 0.482 e. The van der Waals surface area contributed by atoms with Crippen molar-refractivity contribution >= 4 is 34.6 Å². The van der Waals surface area contributed by atoms with Gasteiger partial charge < -0.3 is 14.4 Å². The number of morpholine rings is 1. The number of benzene rings is 3. The fraction of sp³-hybridized carbons (Fsp3) is 0.185. The third kappa shape index (κ3) is 5.15. The number of para-hydroxylation sites is 1. The molecule has 5 rings (SSSR count). The lowest BCUT2D eigenvalue weighted by Gasteiger charge is -2.26. The van der Waals surface area contributed by atoms with Gasteiger partial charge in [-0.1, -0.05) is 54.1 Å². The molecule has 0 aliphatic carbocycles. The topological polar surface area (TPSA) is 86.0 Å². The monoisotopic (exact) mass is 502 g/mol. The van der Waals surface area contributed by atoms with Crippen molar-refractivity contribution in [1.29, 1.82) is 0 Å². The smallest absolute Gasteiger partial charge is 0.282 e. The number of amides is 1. The molecular formula is C27H23ClN4O4. The molecular weight excluding hydrogens is 480 g/mol. The number of hydrogen-bond acceptors (Lipinski definition) is 6. The van der Waals surface area contributed by atoms with Crippen LogP contribution in [0.3, 0.4) is 0 Å². The van der Waals surface area contributed by atoms with Gasteiger partial charge >= 0.3 is 0 Å². The fourth-order valence-corrected chi connectivity index (χ4v) is 4.13. The van der Waals surface area contributed by atoms with Crippen molar-refractivity contribution < 1.29 is 14.3 Å². The number of nitrogens with zero attached hydrogens (tertiary/aromatic N) is 4. The summed E-state index contributed by atoms with van der Waals surface area (Å²) in [5.41, 5.74) is 1.75. The summed E-state index contributed by atoms with van der Waals surface area (Å²) in [4.78, 5) is 32.0. The van der Waals surface area contributed by atoms with Gasteiger partial charge in [0.15, 0.2) is 12.4 Å². The van der Waals surface area contributed by atoms with Gasteiger partial charge in [-0.15, -0.1) is 0 Å². The molecule has 1 aliphatic rings. The second kappa shape index (κ2) is 10.7. The Bertz CT molecular complexity index is 1480. The van der Waals surface area contributed by atoms with E-state index < -0.39 is 0 Å². The first kappa shape index (κ1) is 23.7. The van der Waals surface area contributed by atoms with Gasteiger partial charge in [0.2, 0.25) is 0 Å². The molecule has 1 amide bonds. The van der Waals surface area contributed by atoms with Crippen molar-refractivity contribution in [2.75, 3.05) is 32.9 Å². The summed E-state index contributed by atoms with van der Waals surface area (Å²) in [6, 6.07) is 21.7. The summed E-state index contributed by atoms with van der Waals surface area (Å²) in [5.74, 6) is 0.713. The summed E-state index contributed by atoms with van der Waals surface area (Å²) >= 11 is 6.40. The molecule has 2 heterocycles. The van der Waals surface area contributed by atoms with E-state index in [4.69, 9.17) is 21.1 Å². The predicted octanol–water partition coefficient (Wildman–Crippen LogP) is 3.84. The minimum Gasteiger partial charge on any atom is -0.482 e. The lowest BCUT2D eigenvalue weighted by molar-refractivity contribution is -0.137. The van der Waals surface area contributed by atoms with E-state index >= 15 is 0 Å². The first-order valence-electron chi connectivity index (χ1n) is 11.5. The number of hydrogen-bond donors (Lipinski definition) is 0. The highest BCUT2D eigenvalue weighted by Crippen LogP contribution is 2.25. The molecule has 1 aliphatic heterocycles. The fourth-order valence-electron chi connectivity index (χ4n) is 3.89. The number of aromatic nitrogens is 2. The van der Waals surface area contributed by atoms with E-state index in [2.05, 4.69) is 10.1 Å². The highest BCUT2D eigenvalue weighted by molar-refractivity contribution is 6.32. The van der Waals surface area contributed by atoms with Crippen LogP contribution in [0.1, 0.15) is 5.56 Å². The summed E-state index contributed by atoms with van der Waals surface area (Å²) in [6.45, 7) is 2.06. The molecule has 36 heavy (non-hydrogen) atoms. The second-order valence-electron chi connectivity index (χ2n) is 8.15. The number of halogens is 1. The molecule has 4 aromatic rings. The van der Waals surface area contributed by atoms with Gasteiger partial charge in [-0.2, -0.15) is 9.78 Å². The molecule has 0 N–H and O–H groups in total. The Hall–Kier alpha value is -4.01. The van der Waals surface area contributed by atoms with Crippen LogP contribution in [-0.4, -0.2) is 59.6 Å². The van der Waals surface area contributed by atoms with E-state index in [1.807, 2.05) is 36.4 Å². The zero-order valence-electron chi connectivity index (χ0n) is 19.3. The third-order valence-corrected chi connectivity index (χ3v) is 6.07. The predicted molar refractivity (Wildman–Crippen MR) is 139 cm³/mol. The zero-order valence-corrected chi connectivity index (χ0v) is 20.1. The van der Waals surface area contributed by atoms with Crippen molar-refractivity contribution in [3.8, 4) is 17.1 Å². The first-order valence-corrected chi connectivity index (χ1v) is 11.9. The highest BCUT2D eigenvalue weighted by Gasteiger charge is 2.18. The molecule has 0 spiro atoms. The molecule has 0 bridgehead atoms. The van der Waals surface area contributed by atoms with Crippen molar-refractivity contribution in [3.05, 3.63) is 93.7 Å². The summed E-state index contributed by atoms with van der Waals surface area (Å²) in [6.07, 6.45) is 1.54. The highest BCUT2D eigenvalue weighted by atomic mass is 35.5. The quantitative estimate of drug-likeness (QED) is 0.374. The van der Waals surface area contributed by atoms with Gasteiger partial charge in [-0.3, -0.25) is 9.59 Å². The molecule has 0 radical (unpaired) electrons. The molecule has 9 heteroatoms. The normalized spacial score (nSPS) is 13.9. The van der Waals surface area contributed by atoms with Crippen molar-refractivity contribution in [1.82, 2.24) is 14.6 Å². The van der Waals surface area contributed by atoms with Crippen LogP contribution in [0, 0.1) is 0 Å². The maximum atomic E-state index is 13.3. The van der Waals surface area contributed by atoms with Gasteiger partial charge in [0.05, 0.1) is 35.4 Å². The summed E-state index contributed by atoms with van der Waals surface area (Å²) < 4.78 is 12.2. The number of carbonyl (C=O) groups excluding carboxylic acids is 1. The SMILES string of the molecule is O=C(COc1ccc(C=Nn2c(-c3ccccc3)nc3ccccc3c2=O)cc1Cl)N1CCOCC1.